The van der Waals surface area contributed by atoms with Crippen LogP contribution in [0.2, 0.25) is 0 Å². The molecule has 2 heterocycles. The first kappa shape index (κ1) is 13.0. The van der Waals surface area contributed by atoms with Crippen LogP contribution in [-0.4, -0.2) is 26.0 Å². The zero-order chi connectivity index (χ0) is 14.8. The Morgan fingerprint density at radius 3 is 2.71 bits per heavy atom. The van der Waals surface area contributed by atoms with E-state index < -0.39 is 5.97 Å². The molecule has 0 fully saturated rings. The molecule has 0 aliphatic heterocycles. The highest BCUT2D eigenvalue weighted by molar-refractivity contribution is 5.94. The van der Waals surface area contributed by atoms with Crippen LogP contribution in [-0.2, 0) is 0 Å². The number of rotatable bonds is 3. The largest absolute Gasteiger partial charge is 0.475 e. The molecule has 3 aromatic rings. The predicted molar refractivity (Wildman–Crippen MR) is 78.8 cm³/mol. The summed E-state index contributed by atoms with van der Waals surface area (Å²) in [5.41, 5.74) is 2.16. The highest BCUT2D eigenvalue weighted by atomic mass is 16.4. The highest BCUT2D eigenvalue weighted by Gasteiger charge is 2.13. The standard InChI is InChI=1S/C15H12N4O2/c1-9-11(7-4-8-16-9)17-13-10-5-2-3-6-12(10)18-14(19-13)15(20)21/h2-8H,1H3,(H,20,21)(H,17,18,19). The van der Waals surface area contributed by atoms with Crippen molar-refractivity contribution in [2.24, 2.45) is 0 Å². The molecule has 0 amide bonds. The van der Waals surface area contributed by atoms with E-state index >= 15 is 0 Å². The zero-order valence-corrected chi connectivity index (χ0v) is 11.2. The van der Waals surface area contributed by atoms with Crippen LogP contribution in [0.25, 0.3) is 10.9 Å². The quantitative estimate of drug-likeness (QED) is 0.767. The minimum Gasteiger partial charge on any atom is -0.475 e. The predicted octanol–water partition coefficient (Wildman–Crippen LogP) is 2.78. The molecular formula is C15H12N4O2. The van der Waals surface area contributed by atoms with E-state index in [4.69, 9.17) is 5.11 Å². The lowest BCUT2D eigenvalue weighted by molar-refractivity contribution is 0.0684. The number of nitrogens with one attached hydrogen (secondary N) is 1. The van der Waals surface area contributed by atoms with Gasteiger partial charge in [0, 0.05) is 11.6 Å². The van der Waals surface area contributed by atoms with Crippen LogP contribution in [0.3, 0.4) is 0 Å². The summed E-state index contributed by atoms with van der Waals surface area (Å²) in [5.74, 6) is -0.946. The summed E-state index contributed by atoms with van der Waals surface area (Å²) in [7, 11) is 0. The van der Waals surface area contributed by atoms with Gasteiger partial charge in [-0.1, -0.05) is 12.1 Å². The minimum absolute atomic E-state index is 0.238. The Balaban J connectivity index is 2.16. The van der Waals surface area contributed by atoms with Gasteiger partial charge in [0.1, 0.15) is 5.82 Å². The number of aromatic carboxylic acids is 1. The third-order valence-corrected chi connectivity index (χ3v) is 3.05. The number of nitrogens with zero attached hydrogens (tertiary/aromatic N) is 3. The minimum atomic E-state index is -1.16. The zero-order valence-electron chi connectivity index (χ0n) is 11.2. The molecule has 0 aliphatic carbocycles. The fourth-order valence-electron chi connectivity index (χ4n) is 2.01. The van der Waals surface area contributed by atoms with Crippen molar-refractivity contribution in [3.8, 4) is 0 Å². The van der Waals surface area contributed by atoms with Crippen molar-refractivity contribution in [2.75, 3.05) is 5.32 Å². The Labute approximate surface area is 120 Å². The van der Waals surface area contributed by atoms with Gasteiger partial charge < -0.3 is 10.4 Å². The molecule has 1 aromatic carbocycles. The summed E-state index contributed by atoms with van der Waals surface area (Å²) in [4.78, 5) is 23.5. The van der Waals surface area contributed by atoms with Crippen LogP contribution in [0.4, 0.5) is 11.5 Å². The summed E-state index contributed by atoms with van der Waals surface area (Å²) in [6.07, 6.45) is 1.70. The van der Waals surface area contributed by atoms with Crippen LogP contribution in [0.5, 0.6) is 0 Å². The number of aryl methyl sites for hydroxylation is 1. The van der Waals surface area contributed by atoms with Crippen molar-refractivity contribution in [2.45, 2.75) is 6.92 Å². The molecule has 0 spiro atoms. The molecule has 6 heteroatoms. The third kappa shape index (κ3) is 2.51. The molecule has 0 saturated carbocycles. The van der Waals surface area contributed by atoms with E-state index in [0.717, 1.165) is 16.8 Å². The van der Waals surface area contributed by atoms with E-state index in [1.807, 2.05) is 25.1 Å². The van der Waals surface area contributed by atoms with E-state index in [1.54, 1.807) is 24.4 Å². The lowest BCUT2D eigenvalue weighted by Crippen LogP contribution is -2.07. The van der Waals surface area contributed by atoms with Gasteiger partial charge in [0.15, 0.2) is 0 Å². The number of fused-ring (bicyclic) bond motifs is 1. The smallest absolute Gasteiger partial charge is 0.374 e. The van der Waals surface area contributed by atoms with Crippen LogP contribution in [0.15, 0.2) is 42.6 Å². The SMILES string of the molecule is Cc1ncccc1Nc1nc(C(=O)O)nc2ccccc12. The maximum absolute atomic E-state index is 11.2. The third-order valence-electron chi connectivity index (χ3n) is 3.05. The Morgan fingerprint density at radius 1 is 1.14 bits per heavy atom. The number of carbonyl (C=O) groups is 1. The topological polar surface area (TPSA) is 88.0 Å². The van der Waals surface area contributed by atoms with Gasteiger partial charge in [0.25, 0.3) is 0 Å². The number of aromatic nitrogens is 3. The van der Waals surface area contributed by atoms with Crippen molar-refractivity contribution in [3.05, 3.63) is 54.1 Å². The first-order valence-corrected chi connectivity index (χ1v) is 6.34. The van der Waals surface area contributed by atoms with Gasteiger partial charge in [0.05, 0.1) is 16.9 Å². The van der Waals surface area contributed by atoms with E-state index in [0.29, 0.717) is 11.3 Å². The van der Waals surface area contributed by atoms with Crippen LogP contribution >= 0.6 is 0 Å². The number of benzene rings is 1. The van der Waals surface area contributed by atoms with Gasteiger partial charge in [0.2, 0.25) is 5.82 Å². The summed E-state index contributed by atoms with van der Waals surface area (Å²) < 4.78 is 0. The molecule has 0 bridgehead atoms. The summed E-state index contributed by atoms with van der Waals surface area (Å²) in [5, 5.41) is 13.0. The molecule has 0 unspecified atom stereocenters. The number of hydrogen-bond donors (Lipinski definition) is 2. The average Bonchev–Trinajstić information content (AvgIpc) is 2.49. The first-order chi connectivity index (χ1) is 10.1. The van der Waals surface area contributed by atoms with Gasteiger partial charge in [-0.25, -0.2) is 14.8 Å². The number of anilines is 2. The fourth-order valence-corrected chi connectivity index (χ4v) is 2.01. The Kier molecular flexibility index (Phi) is 3.19. The maximum atomic E-state index is 11.2. The monoisotopic (exact) mass is 280 g/mol. The maximum Gasteiger partial charge on any atom is 0.374 e. The molecule has 0 saturated heterocycles. The number of pyridine rings is 1. The second-order valence-electron chi connectivity index (χ2n) is 4.48. The molecule has 0 aliphatic rings. The lowest BCUT2D eigenvalue weighted by Gasteiger charge is -2.10. The molecule has 0 atom stereocenters. The molecular weight excluding hydrogens is 268 g/mol. The fraction of sp³-hybridized carbons (Fsp3) is 0.0667. The first-order valence-electron chi connectivity index (χ1n) is 6.34. The van der Waals surface area contributed by atoms with Crippen molar-refractivity contribution in [1.82, 2.24) is 15.0 Å². The van der Waals surface area contributed by atoms with Crippen molar-refractivity contribution < 1.29 is 9.90 Å². The van der Waals surface area contributed by atoms with Gasteiger partial charge in [-0.05, 0) is 31.2 Å². The molecule has 2 aromatic heterocycles. The normalized spacial score (nSPS) is 10.5. The molecule has 2 N–H and O–H groups in total. The second-order valence-corrected chi connectivity index (χ2v) is 4.48. The van der Waals surface area contributed by atoms with Crippen molar-refractivity contribution >= 4 is 28.4 Å². The number of carboxylic acid groups (broad SMARTS) is 1. The summed E-state index contributed by atoms with van der Waals surface area (Å²) in [6.45, 7) is 1.86. The van der Waals surface area contributed by atoms with E-state index in [1.165, 1.54) is 0 Å². The van der Waals surface area contributed by atoms with Gasteiger partial charge in [-0.3, -0.25) is 4.98 Å². The molecule has 0 radical (unpaired) electrons. The molecule has 21 heavy (non-hydrogen) atoms. The molecule has 104 valence electrons. The second kappa shape index (κ2) is 5.16. The Bertz CT molecular complexity index is 833. The molecule has 6 nitrogen and oxygen atoms in total. The van der Waals surface area contributed by atoms with Gasteiger partial charge in [-0.15, -0.1) is 0 Å². The number of carboxylic acids is 1. The highest BCUT2D eigenvalue weighted by Crippen LogP contribution is 2.24. The van der Waals surface area contributed by atoms with Gasteiger partial charge in [-0.2, -0.15) is 0 Å². The summed E-state index contributed by atoms with van der Waals surface area (Å²) >= 11 is 0. The van der Waals surface area contributed by atoms with Crippen molar-refractivity contribution in [1.29, 1.82) is 0 Å². The Morgan fingerprint density at radius 2 is 1.95 bits per heavy atom. The number of para-hydroxylation sites is 1. The summed E-state index contributed by atoms with van der Waals surface area (Å²) in [6, 6.07) is 10.9. The lowest BCUT2D eigenvalue weighted by atomic mass is 10.2. The van der Waals surface area contributed by atoms with E-state index in [-0.39, 0.29) is 5.82 Å². The van der Waals surface area contributed by atoms with Gasteiger partial charge >= 0.3 is 5.97 Å². The van der Waals surface area contributed by atoms with E-state index in [9.17, 15) is 4.79 Å². The van der Waals surface area contributed by atoms with Crippen LogP contribution in [0.1, 0.15) is 16.3 Å². The van der Waals surface area contributed by atoms with Crippen LogP contribution in [0, 0.1) is 6.92 Å². The van der Waals surface area contributed by atoms with Crippen molar-refractivity contribution in [3.63, 3.8) is 0 Å². The molecule has 3 rings (SSSR count). The van der Waals surface area contributed by atoms with E-state index in [2.05, 4.69) is 20.3 Å². The number of hydrogen-bond acceptors (Lipinski definition) is 5. The Hall–Kier alpha value is -3.02. The van der Waals surface area contributed by atoms with Crippen LogP contribution < -0.4 is 5.32 Å². The average molecular weight is 280 g/mol.